The first-order chi connectivity index (χ1) is 18.4. The van der Waals surface area contributed by atoms with E-state index in [0.29, 0.717) is 18.6 Å². The highest BCUT2D eigenvalue weighted by Crippen LogP contribution is 2.62. The molecule has 38 heavy (non-hydrogen) atoms. The first-order valence-electron chi connectivity index (χ1n) is 14.3. The van der Waals surface area contributed by atoms with Gasteiger partial charge in [0.05, 0.1) is 0 Å². The van der Waals surface area contributed by atoms with E-state index in [2.05, 4.69) is 61.5 Å². The highest BCUT2D eigenvalue weighted by atomic mass is 16.5. The van der Waals surface area contributed by atoms with Crippen molar-refractivity contribution in [3.8, 4) is 16.9 Å². The molecule has 0 aliphatic heterocycles. The maximum Gasteiger partial charge on any atom is 0.331 e. The molecule has 7 rings (SSSR count). The molecule has 4 aliphatic rings. The summed E-state index contributed by atoms with van der Waals surface area (Å²) in [6.07, 6.45) is 10.4. The number of ether oxygens (including phenoxy) is 1. The molecular weight excluding hydrogens is 468 g/mol. The van der Waals surface area contributed by atoms with Gasteiger partial charge in [-0.15, -0.1) is 0 Å². The van der Waals surface area contributed by atoms with Gasteiger partial charge in [-0.05, 0) is 121 Å². The van der Waals surface area contributed by atoms with Crippen LogP contribution in [-0.2, 0) is 16.8 Å². The van der Waals surface area contributed by atoms with Crippen molar-refractivity contribution in [1.29, 1.82) is 0 Å². The Morgan fingerprint density at radius 2 is 1.63 bits per heavy atom. The summed E-state index contributed by atoms with van der Waals surface area (Å²) in [6.45, 7) is 4.60. The maximum absolute atomic E-state index is 11.5. The topological polar surface area (TPSA) is 46.5 Å². The summed E-state index contributed by atoms with van der Waals surface area (Å²) in [4.78, 5) is 11.5. The fourth-order valence-corrected chi connectivity index (χ4v) is 8.03. The number of hydrogen-bond acceptors (Lipinski definition) is 2. The SMILES string of the molecule is CCC(=Cc1ccc(-c2ccc(OCc3ccccc3)c(C34CC5CC(CC(C5)C3)C4)c2)c(C)c1)C(=O)O. The Bertz CT molecular complexity index is 1330. The van der Waals surface area contributed by atoms with Gasteiger partial charge in [-0.25, -0.2) is 4.79 Å². The number of carboxylic acids is 1. The molecule has 0 amide bonds. The van der Waals surface area contributed by atoms with Crippen LogP contribution in [0.2, 0.25) is 0 Å². The molecule has 0 heterocycles. The first-order valence-corrected chi connectivity index (χ1v) is 14.3. The average molecular weight is 507 g/mol. The minimum Gasteiger partial charge on any atom is -0.489 e. The van der Waals surface area contributed by atoms with E-state index >= 15 is 0 Å². The van der Waals surface area contributed by atoms with Crippen LogP contribution in [0.3, 0.4) is 0 Å². The smallest absolute Gasteiger partial charge is 0.331 e. The third-order valence-corrected chi connectivity index (χ3v) is 9.38. The summed E-state index contributed by atoms with van der Waals surface area (Å²) in [5.74, 6) is 2.79. The molecule has 0 atom stereocenters. The van der Waals surface area contributed by atoms with Crippen molar-refractivity contribution in [2.24, 2.45) is 17.8 Å². The molecule has 1 N–H and O–H groups in total. The fourth-order valence-electron chi connectivity index (χ4n) is 8.03. The van der Waals surface area contributed by atoms with Gasteiger partial charge in [0.2, 0.25) is 0 Å². The third-order valence-electron chi connectivity index (χ3n) is 9.38. The van der Waals surface area contributed by atoms with Crippen LogP contribution >= 0.6 is 0 Å². The molecule has 0 saturated heterocycles. The Hall–Kier alpha value is -3.33. The lowest BCUT2D eigenvalue weighted by Crippen LogP contribution is -2.48. The van der Waals surface area contributed by atoms with E-state index in [0.717, 1.165) is 34.6 Å². The summed E-state index contributed by atoms with van der Waals surface area (Å²) < 4.78 is 6.57. The molecule has 0 radical (unpaired) electrons. The fraction of sp³-hybridized carbons (Fsp3) is 0.400. The summed E-state index contributed by atoms with van der Waals surface area (Å²) in [7, 11) is 0. The van der Waals surface area contributed by atoms with Crippen molar-refractivity contribution < 1.29 is 14.6 Å². The van der Waals surface area contributed by atoms with E-state index in [4.69, 9.17) is 4.74 Å². The number of carboxylic acid groups (broad SMARTS) is 1. The van der Waals surface area contributed by atoms with Crippen molar-refractivity contribution in [2.75, 3.05) is 0 Å². The Balaban J connectivity index is 1.38. The zero-order valence-corrected chi connectivity index (χ0v) is 22.6. The second-order valence-corrected chi connectivity index (χ2v) is 12.1. The lowest BCUT2D eigenvalue weighted by molar-refractivity contribution is -0.132. The quantitative estimate of drug-likeness (QED) is 0.311. The molecular formula is C35H38O3. The van der Waals surface area contributed by atoms with Gasteiger partial charge in [0.1, 0.15) is 12.4 Å². The molecule has 3 aromatic carbocycles. The second kappa shape index (κ2) is 10.1. The van der Waals surface area contributed by atoms with Crippen LogP contribution in [0.1, 0.15) is 74.1 Å². The number of benzene rings is 3. The lowest BCUT2D eigenvalue weighted by atomic mass is 9.48. The van der Waals surface area contributed by atoms with Crippen molar-refractivity contribution in [3.05, 3.63) is 94.6 Å². The van der Waals surface area contributed by atoms with Gasteiger partial charge >= 0.3 is 5.97 Å². The van der Waals surface area contributed by atoms with E-state index in [1.54, 1.807) is 6.08 Å². The number of carbonyl (C=O) groups is 1. The molecule has 3 heteroatoms. The van der Waals surface area contributed by atoms with Gasteiger partial charge < -0.3 is 9.84 Å². The minimum absolute atomic E-state index is 0.227. The van der Waals surface area contributed by atoms with Gasteiger partial charge in [0.25, 0.3) is 0 Å². The largest absolute Gasteiger partial charge is 0.489 e. The highest BCUT2D eigenvalue weighted by Gasteiger charge is 2.52. The van der Waals surface area contributed by atoms with Gasteiger partial charge in [0.15, 0.2) is 0 Å². The van der Waals surface area contributed by atoms with E-state index in [1.165, 1.54) is 60.8 Å². The predicted octanol–water partition coefficient (Wildman–Crippen LogP) is 8.59. The number of aliphatic carboxylic acids is 1. The van der Waals surface area contributed by atoms with Crippen molar-refractivity contribution >= 4 is 12.0 Å². The molecule has 4 fully saturated rings. The first kappa shape index (κ1) is 25.0. The second-order valence-electron chi connectivity index (χ2n) is 12.1. The summed E-state index contributed by atoms with van der Waals surface area (Å²) in [5.41, 5.74) is 7.80. The summed E-state index contributed by atoms with van der Waals surface area (Å²) in [5, 5.41) is 9.45. The maximum atomic E-state index is 11.5. The van der Waals surface area contributed by atoms with Crippen molar-refractivity contribution in [2.45, 2.75) is 70.8 Å². The highest BCUT2D eigenvalue weighted by molar-refractivity contribution is 5.92. The standard InChI is InChI=1S/C35H38O3/c1-3-29(34(36)37)17-25-9-11-31(23(2)13-25)30-10-12-33(38-22-24-7-5-4-6-8-24)32(18-30)35-19-26-14-27(20-35)16-28(15-26)21-35/h4-13,17-18,26-28H,3,14-16,19-22H2,1-2H3,(H,36,37). The molecule has 0 unspecified atom stereocenters. The summed E-state index contributed by atoms with van der Waals surface area (Å²) in [6, 6.07) is 23.6. The van der Waals surface area contributed by atoms with Gasteiger partial charge in [0, 0.05) is 11.1 Å². The summed E-state index contributed by atoms with van der Waals surface area (Å²) >= 11 is 0. The van der Waals surface area contributed by atoms with Crippen LogP contribution in [0.15, 0.2) is 72.3 Å². The molecule has 0 aromatic heterocycles. The van der Waals surface area contributed by atoms with Gasteiger partial charge in [-0.2, -0.15) is 0 Å². The van der Waals surface area contributed by atoms with Crippen LogP contribution < -0.4 is 4.74 Å². The molecule has 0 spiro atoms. The molecule has 3 nitrogen and oxygen atoms in total. The van der Waals surface area contributed by atoms with Crippen molar-refractivity contribution in [3.63, 3.8) is 0 Å². The molecule has 4 aliphatic carbocycles. The Morgan fingerprint density at radius 3 is 2.24 bits per heavy atom. The van der Waals surface area contributed by atoms with Gasteiger partial charge in [-0.1, -0.05) is 61.5 Å². The average Bonchev–Trinajstić information content (AvgIpc) is 2.90. The van der Waals surface area contributed by atoms with E-state index in [1.807, 2.05) is 19.1 Å². The van der Waals surface area contributed by atoms with Gasteiger partial charge in [-0.3, -0.25) is 0 Å². The van der Waals surface area contributed by atoms with E-state index in [9.17, 15) is 9.90 Å². The van der Waals surface area contributed by atoms with Crippen LogP contribution in [-0.4, -0.2) is 11.1 Å². The van der Waals surface area contributed by atoms with Crippen LogP contribution in [0.25, 0.3) is 17.2 Å². The Morgan fingerprint density at radius 1 is 0.947 bits per heavy atom. The Labute approximate surface area is 226 Å². The normalized spacial score (nSPS) is 25.9. The van der Waals surface area contributed by atoms with Crippen molar-refractivity contribution in [1.82, 2.24) is 0 Å². The van der Waals surface area contributed by atoms with E-state index < -0.39 is 5.97 Å². The molecule has 4 bridgehead atoms. The molecule has 3 aromatic rings. The number of hydrogen-bond donors (Lipinski definition) is 1. The zero-order chi connectivity index (χ0) is 26.3. The zero-order valence-electron chi connectivity index (χ0n) is 22.6. The number of rotatable bonds is 8. The van der Waals surface area contributed by atoms with Crippen LogP contribution in [0, 0.1) is 24.7 Å². The lowest BCUT2D eigenvalue weighted by Gasteiger charge is -2.57. The monoisotopic (exact) mass is 506 g/mol. The predicted molar refractivity (Wildman–Crippen MR) is 153 cm³/mol. The molecule has 196 valence electrons. The van der Waals surface area contributed by atoms with Crippen LogP contribution in [0.5, 0.6) is 5.75 Å². The van der Waals surface area contributed by atoms with Crippen LogP contribution in [0.4, 0.5) is 0 Å². The number of aryl methyl sites for hydroxylation is 1. The molecule has 4 saturated carbocycles. The Kier molecular flexibility index (Phi) is 6.63. The third kappa shape index (κ3) is 4.79. The minimum atomic E-state index is -0.847. The van der Waals surface area contributed by atoms with E-state index in [-0.39, 0.29) is 5.41 Å².